The molecule has 0 amide bonds. The molecule has 0 aliphatic carbocycles. The lowest BCUT2D eigenvalue weighted by atomic mass is 9.93. The van der Waals surface area contributed by atoms with E-state index in [4.69, 9.17) is 16.3 Å². The van der Waals surface area contributed by atoms with E-state index in [2.05, 4.69) is 9.88 Å². The lowest BCUT2D eigenvalue weighted by Crippen LogP contribution is -2.46. The Balaban J connectivity index is 1.69. The molecule has 0 bridgehead atoms. The highest BCUT2D eigenvalue weighted by Gasteiger charge is 2.34. The first-order valence-electron chi connectivity index (χ1n) is 9.01. The highest BCUT2D eigenvalue weighted by atomic mass is 35.5. The predicted molar refractivity (Wildman–Crippen MR) is 105 cm³/mol. The number of nitrogens with one attached hydrogen (secondary N) is 1. The zero-order valence-electron chi connectivity index (χ0n) is 14.8. The van der Waals surface area contributed by atoms with Crippen LogP contribution in [0.25, 0.3) is 10.9 Å². The average molecular weight is 385 g/mol. The standard InChI is InChI=1S/C21H21ClN2O3/c22-15-7-5-14(6-8-15)19(24-9-11-27-12-10-24)21(26)20(25)17-13-23-18-4-2-1-3-16(17)18/h1-8,13,19,21,23,26H,9-12H2. The maximum absolute atomic E-state index is 13.2. The summed E-state index contributed by atoms with van der Waals surface area (Å²) < 4.78 is 5.44. The largest absolute Gasteiger partial charge is 0.383 e. The molecule has 2 unspecified atom stereocenters. The number of aliphatic hydroxyl groups is 1. The molecular weight excluding hydrogens is 364 g/mol. The minimum absolute atomic E-state index is 0.293. The van der Waals surface area contributed by atoms with Gasteiger partial charge in [-0.15, -0.1) is 0 Å². The van der Waals surface area contributed by atoms with Gasteiger partial charge in [-0.05, 0) is 23.8 Å². The number of H-pyrrole nitrogens is 1. The molecule has 5 nitrogen and oxygen atoms in total. The molecule has 1 aliphatic rings. The average Bonchev–Trinajstić information content (AvgIpc) is 3.14. The van der Waals surface area contributed by atoms with Crippen LogP contribution in [0.3, 0.4) is 0 Å². The van der Waals surface area contributed by atoms with Gasteiger partial charge in [0.05, 0.1) is 19.3 Å². The second-order valence-corrected chi connectivity index (χ2v) is 7.14. The van der Waals surface area contributed by atoms with Gasteiger partial charge in [0.25, 0.3) is 0 Å². The molecule has 1 aromatic heterocycles. The molecule has 0 spiro atoms. The van der Waals surface area contributed by atoms with E-state index in [1.807, 2.05) is 36.4 Å². The molecule has 4 rings (SSSR count). The minimum atomic E-state index is -1.19. The molecule has 27 heavy (non-hydrogen) atoms. The van der Waals surface area contributed by atoms with Gasteiger partial charge in [-0.2, -0.15) is 0 Å². The summed E-state index contributed by atoms with van der Waals surface area (Å²) in [5.41, 5.74) is 2.25. The zero-order chi connectivity index (χ0) is 18.8. The van der Waals surface area contributed by atoms with Gasteiger partial charge in [-0.1, -0.05) is 41.9 Å². The summed E-state index contributed by atoms with van der Waals surface area (Å²) in [6.45, 7) is 2.48. The number of carbonyl (C=O) groups is 1. The molecule has 140 valence electrons. The second-order valence-electron chi connectivity index (χ2n) is 6.70. The summed E-state index contributed by atoms with van der Waals surface area (Å²) in [5, 5.41) is 12.5. The van der Waals surface area contributed by atoms with Crippen LogP contribution in [0.2, 0.25) is 5.02 Å². The Bertz CT molecular complexity index is 932. The van der Waals surface area contributed by atoms with Crippen molar-refractivity contribution in [2.24, 2.45) is 0 Å². The van der Waals surface area contributed by atoms with Crippen molar-refractivity contribution in [1.82, 2.24) is 9.88 Å². The number of ketones is 1. The molecule has 0 saturated carbocycles. The van der Waals surface area contributed by atoms with E-state index in [0.717, 1.165) is 16.5 Å². The number of morpholine rings is 1. The van der Waals surface area contributed by atoms with Crippen molar-refractivity contribution in [3.63, 3.8) is 0 Å². The van der Waals surface area contributed by atoms with E-state index < -0.39 is 12.1 Å². The third kappa shape index (κ3) is 3.64. The molecule has 6 heteroatoms. The fraction of sp³-hybridized carbons (Fsp3) is 0.286. The number of halogens is 1. The third-order valence-corrected chi connectivity index (χ3v) is 5.32. The van der Waals surface area contributed by atoms with Gasteiger partial charge in [0, 0.05) is 40.8 Å². The number of aliphatic hydroxyl groups excluding tert-OH is 1. The third-order valence-electron chi connectivity index (χ3n) is 5.07. The van der Waals surface area contributed by atoms with Crippen molar-refractivity contribution in [2.75, 3.05) is 26.3 Å². The molecule has 3 aromatic rings. The first kappa shape index (κ1) is 18.2. The number of rotatable bonds is 5. The Morgan fingerprint density at radius 1 is 1.11 bits per heavy atom. The molecule has 2 aromatic carbocycles. The Labute approximate surface area is 162 Å². The molecule has 2 heterocycles. The van der Waals surface area contributed by atoms with Gasteiger partial charge < -0.3 is 14.8 Å². The van der Waals surface area contributed by atoms with E-state index in [-0.39, 0.29) is 5.78 Å². The van der Waals surface area contributed by atoms with E-state index >= 15 is 0 Å². The van der Waals surface area contributed by atoms with Gasteiger partial charge in [0.15, 0.2) is 5.78 Å². The van der Waals surface area contributed by atoms with Gasteiger partial charge in [0.1, 0.15) is 6.10 Å². The number of carbonyl (C=O) groups excluding carboxylic acids is 1. The van der Waals surface area contributed by atoms with Crippen LogP contribution in [0.15, 0.2) is 54.7 Å². The van der Waals surface area contributed by atoms with Gasteiger partial charge >= 0.3 is 0 Å². The van der Waals surface area contributed by atoms with E-state index in [1.54, 1.807) is 18.3 Å². The molecule has 1 saturated heterocycles. The molecule has 1 fully saturated rings. The number of hydrogen-bond acceptors (Lipinski definition) is 4. The Morgan fingerprint density at radius 2 is 1.81 bits per heavy atom. The number of nitrogens with zero attached hydrogens (tertiary/aromatic N) is 1. The highest BCUT2D eigenvalue weighted by molar-refractivity contribution is 6.30. The number of fused-ring (bicyclic) bond motifs is 1. The van der Waals surface area contributed by atoms with Crippen molar-refractivity contribution < 1.29 is 14.6 Å². The predicted octanol–water partition coefficient (Wildman–Crippen LogP) is 3.44. The molecule has 0 radical (unpaired) electrons. The summed E-state index contributed by atoms with van der Waals surface area (Å²) in [6, 6.07) is 14.5. The molecule has 2 N–H and O–H groups in total. The van der Waals surface area contributed by atoms with Crippen LogP contribution >= 0.6 is 11.6 Å². The van der Waals surface area contributed by atoms with Crippen LogP contribution in [0.4, 0.5) is 0 Å². The summed E-state index contributed by atoms with van der Waals surface area (Å²) in [7, 11) is 0. The monoisotopic (exact) mass is 384 g/mol. The maximum Gasteiger partial charge on any atom is 0.195 e. The summed E-state index contributed by atoms with van der Waals surface area (Å²) in [4.78, 5) is 18.4. The van der Waals surface area contributed by atoms with Crippen LogP contribution in [-0.2, 0) is 4.74 Å². The van der Waals surface area contributed by atoms with Crippen LogP contribution in [0.1, 0.15) is 22.0 Å². The van der Waals surface area contributed by atoms with Crippen LogP contribution in [-0.4, -0.2) is 53.2 Å². The van der Waals surface area contributed by atoms with E-state index in [1.165, 1.54) is 0 Å². The lowest BCUT2D eigenvalue weighted by molar-refractivity contribution is -0.0172. The smallest absolute Gasteiger partial charge is 0.195 e. The Kier molecular flexibility index (Phi) is 5.27. The second kappa shape index (κ2) is 7.82. The molecule has 2 atom stereocenters. The number of benzene rings is 2. The van der Waals surface area contributed by atoms with Crippen molar-refractivity contribution in [2.45, 2.75) is 12.1 Å². The number of Topliss-reactive ketones (excluding diaryl/α,β-unsaturated/α-hetero) is 1. The summed E-state index contributed by atoms with van der Waals surface area (Å²) in [6.07, 6.45) is 0.484. The van der Waals surface area contributed by atoms with Crippen molar-refractivity contribution in [1.29, 1.82) is 0 Å². The normalized spacial score (nSPS) is 17.7. The van der Waals surface area contributed by atoms with Gasteiger partial charge in [0.2, 0.25) is 0 Å². The molecular formula is C21H21ClN2O3. The number of ether oxygens (including phenoxy) is 1. The first-order chi connectivity index (χ1) is 13.1. The van der Waals surface area contributed by atoms with Gasteiger partial charge in [-0.3, -0.25) is 9.69 Å². The van der Waals surface area contributed by atoms with Crippen molar-refractivity contribution in [3.05, 3.63) is 70.9 Å². The minimum Gasteiger partial charge on any atom is -0.383 e. The highest BCUT2D eigenvalue weighted by Crippen LogP contribution is 2.30. The fourth-order valence-corrected chi connectivity index (χ4v) is 3.81. The quantitative estimate of drug-likeness (QED) is 0.661. The summed E-state index contributed by atoms with van der Waals surface area (Å²) in [5.74, 6) is -0.293. The lowest BCUT2D eigenvalue weighted by Gasteiger charge is -2.37. The van der Waals surface area contributed by atoms with Gasteiger partial charge in [-0.25, -0.2) is 0 Å². The SMILES string of the molecule is O=C(c1c[nH]c2ccccc12)C(O)C(c1ccc(Cl)cc1)N1CCOCC1. The number of para-hydroxylation sites is 1. The Hall–Kier alpha value is -2.18. The summed E-state index contributed by atoms with van der Waals surface area (Å²) >= 11 is 6.02. The number of aromatic amines is 1. The number of aromatic nitrogens is 1. The fourth-order valence-electron chi connectivity index (χ4n) is 3.69. The van der Waals surface area contributed by atoms with Crippen LogP contribution < -0.4 is 0 Å². The topological polar surface area (TPSA) is 65.6 Å². The van der Waals surface area contributed by atoms with Crippen LogP contribution in [0, 0.1) is 0 Å². The maximum atomic E-state index is 13.2. The van der Waals surface area contributed by atoms with Crippen molar-refractivity contribution >= 4 is 28.3 Å². The zero-order valence-corrected chi connectivity index (χ0v) is 15.5. The van der Waals surface area contributed by atoms with Crippen molar-refractivity contribution in [3.8, 4) is 0 Å². The Morgan fingerprint density at radius 3 is 2.56 bits per heavy atom. The first-order valence-corrected chi connectivity index (χ1v) is 9.38. The number of hydrogen-bond donors (Lipinski definition) is 2. The van der Waals surface area contributed by atoms with E-state index in [9.17, 15) is 9.90 Å². The van der Waals surface area contributed by atoms with E-state index in [0.29, 0.717) is 36.9 Å². The van der Waals surface area contributed by atoms with Crippen LogP contribution in [0.5, 0.6) is 0 Å². The molecule has 1 aliphatic heterocycles.